The minimum Gasteiger partial charge on any atom is -0.337 e. The van der Waals surface area contributed by atoms with Crippen LogP contribution in [0.15, 0.2) is 30.3 Å². The molecule has 1 aromatic rings. The first-order valence-electron chi connectivity index (χ1n) is 12.1. The zero-order chi connectivity index (χ0) is 19.9. The van der Waals surface area contributed by atoms with Crippen molar-refractivity contribution in [3.63, 3.8) is 0 Å². The summed E-state index contributed by atoms with van der Waals surface area (Å²) in [5.41, 5.74) is 1.44. The fourth-order valence-corrected chi connectivity index (χ4v) is 5.26. The van der Waals surface area contributed by atoms with Gasteiger partial charge >= 0.3 is 0 Å². The molecule has 1 amide bonds. The molecule has 0 aromatic heterocycles. The van der Waals surface area contributed by atoms with Gasteiger partial charge in [0.05, 0.1) is 0 Å². The zero-order valence-electron chi connectivity index (χ0n) is 18.1. The first-order chi connectivity index (χ1) is 14.3. The number of nitrogens with zero attached hydrogens (tertiary/aromatic N) is 3. The number of benzene rings is 1. The van der Waals surface area contributed by atoms with Crippen LogP contribution < -0.4 is 0 Å². The number of likely N-dealkylation sites (tertiary alicyclic amines) is 2. The molecular formula is C25H39N3O. The predicted octanol–water partition coefficient (Wildman–Crippen LogP) is 3.81. The predicted molar refractivity (Wildman–Crippen MR) is 119 cm³/mol. The molecular weight excluding hydrogens is 358 g/mol. The van der Waals surface area contributed by atoms with E-state index in [-0.39, 0.29) is 0 Å². The molecule has 3 aliphatic rings. The lowest BCUT2D eigenvalue weighted by atomic mass is 9.83. The minimum absolute atomic E-state index is 0.321. The van der Waals surface area contributed by atoms with Crippen LogP contribution in [0.3, 0.4) is 0 Å². The molecule has 4 heteroatoms. The van der Waals surface area contributed by atoms with E-state index in [1.165, 1.54) is 63.7 Å². The fourth-order valence-electron chi connectivity index (χ4n) is 5.26. The molecule has 1 aromatic carbocycles. The lowest BCUT2D eigenvalue weighted by Crippen LogP contribution is -2.54. The van der Waals surface area contributed by atoms with Gasteiger partial charge in [-0.25, -0.2) is 0 Å². The Kier molecular flexibility index (Phi) is 7.61. The van der Waals surface area contributed by atoms with E-state index < -0.39 is 0 Å². The van der Waals surface area contributed by atoms with E-state index in [0.29, 0.717) is 17.9 Å². The van der Waals surface area contributed by atoms with Crippen LogP contribution in [0, 0.1) is 5.92 Å². The molecule has 2 saturated heterocycles. The molecule has 1 unspecified atom stereocenters. The van der Waals surface area contributed by atoms with E-state index in [4.69, 9.17) is 0 Å². The van der Waals surface area contributed by atoms with E-state index in [2.05, 4.69) is 45.0 Å². The van der Waals surface area contributed by atoms with Crippen molar-refractivity contribution in [1.29, 1.82) is 0 Å². The van der Waals surface area contributed by atoms with Gasteiger partial charge in [0.1, 0.15) is 0 Å². The van der Waals surface area contributed by atoms with E-state index in [1.54, 1.807) is 0 Å². The Labute approximate surface area is 177 Å². The second-order valence-corrected chi connectivity index (χ2v) is 9.39. The number of carbonyl (C=O) groups is 1. The van der Waals surface area contributed by atoms with Crippen LogP contribution in [-0.4, -0.2) is 72.5 Å². The molecule has 29 heavy (non-hydrogen) atoms. The molecule has 0 radical (unpaired) electrons. The summed E-state index contributed by atoms with van der Waals surface area (Å²) in [7, 11) is 0. The lowest BCUT2D eigenvalue weighted by Gasteiger charge is -2.42. The number of piperidine rings is 1. The Morgan fingerprint density at radius 1 is 0.897 bits per heavy atom. The Hall–Kier alpha value is -1.39. The number of hydrogen-bond donors (Lipinski definition) is 0. The third-order valence-electron chi connectivity index (χ3n) is 7.30. The first-order valence-corrected chi connectivity index (χ1v) is 12.1. The summed E-state index contributed by atoms with van der Waals surface area (Å²) >= 11 is 0. The summed E-state index contributed by atoms with van der Waals surface area (Å²) in [6.45, 7) is 7.89. The molecule has 1 aliphatic carbocycles. The minimum atomic E-state index is 0.321. The smallest absolute Gasteiger partial charge is 0.226 e. The standard InChI is InChI=1S/C25H39N3O/c29-25(23-12-6-13-23)28(20-19-26-15-4-5-16-26)24-14-8-18-27(21-24)17-7-11-22-9-2-1-3-10-22/h1-3,9-10,23-24H,4-8,11-21H2. The molecule has 4 rings (SSSR count). The highest BCUT2D eigenvalue weighted by Crippen LogP contribution is 2.30. The van der Waals surface area contributed by atoms with E-state index in [9.17, 15) is 4.79 Å². The first kappa shape index (κ1) is 20.9. The van der Waals surface area contributed by atoms with Crippen LogP contribution in [0.25, 0.3) is 0 Å². The lowest BCUT2D eigenvalue weighted by molar-refractivity contribution is -0.142. The average molecular weight is 398 g/mol. The normalized spacial score (nSPS) is 23.8. The van der Waals surface area contributed by atoms with Gasteiger partial charge in [0.15, 0.2) is 0 Å². The molecule has 2 aliphatic heterocycles. The summed E-state index contributed by atoms with van der Waals surface area (Å²) in [5, 5.41) is 0. The van der Waals surface area contributed by atoms with E-state index in [0.717, 1.165) is 45.4 Å². The van der Waals surface area contributed by atoms with Crippen LogP contribution in [0.2, 0.25) is 0 Å². The van der Waals surface area contributed by atoms with Crippen LogP contribution >= 0.6 is 0 Å². The van der Waals surface area contributed by atoms with Crippen molar-refractivity contribution in [2.45, 2.75) is 63.8 Å². The monoisotopic (exact) mass is 397 g/mol. The molecule has 1 saturated carbocycles. The van der Waals surface area contributed by atoms with Gasteiger partial charge in [-0.05, 0) is 83.1 Å². The van der Waals surface area contributed by atoms with Crippen LogP contribution in [-0.2, 0) is 11.2 Å². The molecule has 4 nitrogen and oxygen atoms in total. The number of carbonyl (C=O) groups excluding carboxylic acids is 1. The molecule has 0 spiro atoms. The summed E-state index contributed by atoms with van der Waals surface area (Å²) in [4.78, 5) is 20.7. The quantitative estimate of drug-likeness (QED) is 0.634. The van der Waals surface area contributed by atoms with Crippen molar-refractivity contribution in [2.75, 3.05) is 45.8 Å². The SMILES string of the molecule is O=C(C1CCC1)N(CCN1CCCC1)C1CCCN(CCCc2ccccc2)C1. The second-order valence-electron chi connectivity index (χ2n) is 9.39. The Balaban J connectivity index is 1.30. The highest BCUT2D eigenvalue weighted by molar-refractivity contribution is 5.80. The van der Waals surface area contributed by atoms with Crippen molar-refractivity contribution in [1.82, 2.24) is 14.7 Å². The third kappa shape index (κ3) is 5.82. The molecule has 160 valence electrons. The summed E-state index contributed by atoms with van der Waals surface area (Å²) in [6.07, 6.45) is 10.9. The maximum absolute atomic E-state index is 13.2. The van der Waals surface area contributed by atoms with Gasteiger partial charge in [0.25, 0.3) is 0 Å². The third-order valence-corrected chi connectivity index (χ3v) is 7.30. The maximum Gasteiger partial charge on any atom is 0.226 e. The van der Waals surface area contributed by atoms with Gasteiger partial charge in [-0.1, -0.05) is 36.8 Å². The Morgan fingerprint density at radius 3 is 2.38 bits per heavy atom. The van der Waals surface area contributed by atoms with Crippen molar-refractivity contribution >= 4 is 5.91 Å². The summed E-state index contributed by atoms with van der Waals surface area (Å²) in [6, 6.07) is 11.3. The Bertz CT molecular complexity index is 624. The summed E-state index contributed by atoms with van der Waals surface area (Å²) in [5.74, 6) is 0.786. The highest BCUT2D eigenvalue weighted by atomic mass is 16.2. The second kappa shape index (κ2) is 10.6. The summed E-state index contributed by atoms with van der Waals surface area (Å²) < 4.78 is 0. The van der Waals surface area contributed by atoms with Gasteiger partial charge in [0, 0.05) is 31.6 Å². The van der Waals surface area contributed by atoms with Gasteiger partial charge < -0.3 is 14.7 Å². The van der Waals surface area contributed by atoms with Gasteiger partial charge in [-0.15, -0.1) is 0 Å². The number of amides is 1. The molecule has 1 atom stereocenters. The Morgan fingerprint density at radius 2 is 1.66 bits per heavy atom. The van der Waals surface area contributed by atoms with Crippen molar-refractivity contribution < 1.29 is 4.79 Å². The van der Waals surface area contributed by atoms with E-state index in [1.807, 2.05) is 0 Å². The molecule has 0 bridgehead atoms. The van der Waals surface area contributed by atoms with Gasteiger partial charge in [0.2, 0.25) is 5.91 Å². The van der Waals surface area contributed by atoms with Crippen molar-refractivity contribution in [2.24, 2.45) is 5.92 Å². The largest absolute Gasteiger partial charge is 0.337 e. The topological polar surface area (TPSA) is 26.8 Å². The fraction of sp³-hybridized carbons (Fsp3) is 0.720. The van der Waals surface area contributed by atoms with Crippen molar-refractivity contribution in [3.8, 4) is 0 Å². The zero-order valence-corrected chi connectivity index (χ0v) is 18.1. The van der Waals surface area contributed by atoms with Crippen LogP contribution in [0.1, 0.15) is 56.9 Å². The average Bonchev–Trinajstić information content (AvgIpc) is 3.22. The van der Waals surface area contributed by atoms with Crippen LogP contribution in [0.5, 0.6) is 0 Å². The number of aryl methyl sites for hydroxylation is 1. The number of rotatable bonds is 9. The maximum atomic E-state index is 13.2. The van der Waals surface area contributed by atoms with Gasteiger partial charge in [-0.2, -0.15) is 0 Å². The molecule has 2 heterocycles. The molecule has 0 N–H and O–H groups in total. The van der Waals surface area contributed by atoms with E-state index >= 15 is 0 Å². The highest BCUT2D eigenvalue weighted by Gasteiger charge is 2.35. The van der Waals surface area contributed by atoms with Crippen molar-refractivity contribution in [3.05, 3.63) is 35.9 Å². The molecule has 3 fully saturated rings. The van der Waals surface area contributed by atoms with Crippen LogP contribution in [0.4, 0.5) is 0 Å². The number of hydrogen-bond acceptors (Lipinski definition) is 3. The van der Waals surface area contributed by atoms with Gasteiger partial charge in [-0.3, -0.25) is 4.79 Å².